The molecule has 0 spiro atoms. The first kappa shape index (κ1) is 13.4. The molecule has 1 fully saturated rings. The molecule has 5 nitrogen and oxygen atoms in total. The molecule has 1 aliphatic heterocycles. The summed E-state index contributed by atoms with van der Waals surface area (Å²) < 4.78 is 25.3. The molecule has 1 aromatic rings. The number of nitrogens with zero attached hydrogens (tertiary/aromatic N) is 3. The molecule has 1 atom stereocenters. The lowest BCUT2D eigenvalue weighted by Gasteiger charge is -2.31. The summed E-state index contributed by atoms with van der Waals surface area (Å²) >= 11 is 0. The Morgan fingerprint density at radius 2 is 2.28 bits per heavy atom. The van der Waals surface area contributed by atoms with E-state index in [4.69, 9.17) is 0 Å². The zero-order valence-electron chi connectivity index (χ0n) is 10.6. The molecule has 1 aromatic heterocycles. The van der Waals surface area contributed by atoms with Gasteiger partial charge in [-0.05, 0) is 32.1 Å². The van der Waals surface area contributed by atoms with E-state index in [0.717, 1.165) is 25.0 Å². The van der Waals surface area contributed by atoms with E-state index in [1.807, 2.05) is 0 Å². The summed E-state index contributed by atoms with van der Waals surface area (Å²) in [5.74, 6) is 0.544. The van der Waals surface area contributed by atoms with Gasteiger partial charge in [0, 0.05) is 31.7 Å². The predicted octanol–water partition coefficient (Wildman–Crippen LogP) is 1.08. The van der Waals surface area contributed by atoms with Crippen LogP contribution in [-0.4, -0.2) is 41.5 Å². The van der Waals surface area contributed by atoms with Crippen molar-refractivity contribution in [2.24, 2.45) is 5.92 Å². The van der Waals surface area contributed by atoms with Gasteiger partial charge in [0.15, 0.2) is 0 Å². The van der Waals surface area contributed by atoms with Crippen molar-refractivity contribution in [2.75, 3.05) is 18.8 Å². The fourth-order valence-electron chi connectivity index (χ4n) is 2.36. The van der Waals surface area contributed by atoms with Crippen molar-refractivity contribution in [2.45, 2.75) is 26.2 Å². The summed E-state index contributed by atoms with van der Waals surface area (Å²) in [7, 11) is -3.05. The van der Waals surface area contributed by atoms with Crippen LogP contribution in [0, 0.1) is 5.92 Å². The van der Waals surface area contributed by atoms with Crippen molar-refractivity contribution < 1.29 is 8.42 Å². The van der Waals surface area contributed by atoms with Crippen LogP contribution >= 0.6 is 0 Å². The highest BCUT2D eigenvalue weighted by Gasteiger charge is 2.27. The van der Waals surface area contributed by atoms with Crippen LogP contribution in [0.4, 0.5) is 0 Å². The molecule has 1 unspecified atom stereocenters. The largest absolute Gasteiger partial charge is 0.261 e. The van der Waals surface area contributed by atoms with Gasteiger partial charge in [0.25, 0.3) is 0 Å². The van der Waals surface area contributed by atoms with E-state index >= 15 is 0 Å². The molecule has 18 heavy (non-hydrogen) atoms. The van der Waals surface area contributed by atoms with Gasteiger partial charge in [-0.15, -0.1) is 0 Å². The SMILES string of the molecule is CCS(=O)(=O)N1CCCC(Cc2cnccn2)C1. The standard InChI is InChI=1S/C12H19N3O2S/c1-2-18(16,17)15-7-3-4-11(10-15)8-12-9-13-5-6-14-12/h5-6,9,11H,2-4,7-8,10H2,1H3. The zero-order valence-corrected chi connectivity index (χ0v) is 11.4. The minimum atomic E-state index is -3.05. The Hall–Kier alpha value is -1.01. The van der Waals surface area contributed by atoms with E-state index in [9.17, 15) is 8.42 Å². The predicted molar refractivity (Wildman–Crippen MR) is 69.5 cm³/mol. The summed E-state index contributed by atoms with van der Waals surface area (Å²) in [5, 5.41) is 0. The molecule has 0 aliphatic carbocycles. The number of rotatable bonds is 4. The van der Waals surface area contributed by atoms with Crippen LogP contribution in [0.5, 0.6) is 0 Å². The number of hydrogen-bond acceptors (Lipinski definition) is 4. The van der Waals surface area contributed by atoms with Crippen molar-refractivity contribution in [3.63, 3.8) is 0 Å². The van der Waals surface area contributed by atoms with Crippen LogP contribution in [0.1, 0.15) is 25.5 Å². The average Bonchev–Trinajstić information content (AvgIpc) is 2.40. The maximum atomic E-state index is 11.9. The second-order valence-electron chi connectivity index (χ2n) is 4.67. The smallest absolute Gasteiger partial charge is 0.213 e. The number of hydrogen-bond donors (Lipinski definition) is 0. The summed E-state index contributed by atoms with van der Waals surface area (Å²) in [6, 6.07) is 0. The Bertz CT molecular complexity index is 475. The van der Waals surface area contributed by atoms with Crippen LogP contribution in [0.2, 0.25) is 0 Å². The number of aromatic nitrogens is 2. The van der Waals surface area contributed by atoms with Crippen LogP contribution < -0.4 is 0 Å². The molecule has 6 heteroatoms. The minimum absolute atomic E-state index is 0.185. The van der Waals surface area contributed by atoms with E-state index in [1.165, 1.54) is 0 Å². The van der Waals surface area contributed by atoms with Crippen LogP contribution in [0.15, 0.2) is 18.6 Å². The van der Waals surface area contributed by atoms with E-state index in [1.54, 1.807) is 29.8 Å². The lowest BCUT2D eigenvalue weighted by atomic mass is 9.95. The van der Waals surface area contributed by atoms with Gasteiger partial charge in [0.1, 0.15) is 0 Å². The van der Waals surface area contributed by atoms with Crippen LogP contribution in [-0.2, 0) is 16.4 Å². The quantitative estimate of drug-likeness (QED) is 0.820. The van der Waals surface area contributed by atoms with Crippen LogP contribution in [0.25, 0.3) is 0 Å². The molecule has 0 radical (unpaired) electrons. The molecular weight excluding hydrogens is 250 g/mol. The van der Waals surface area contributed by atoms with Crippen molar-refractivity contribution >= 4 is 10.0 Å². The van der Waals surface area contributed by atoms with Gasteiger partial charge in [-0.3, -0.25) is 9.97 Å². The molecule has 2 heterocycles. The van der Waals surface area contributed by atoms with Gasteiger partial charge in [-0.2, -0.15) is 0 Å². The van der Waals surface area contributed by atoms with Crippen molar-refractivity contribution in [1.29, 1.82) is 0 Å². The van der Waals surface area contributed by atoms with Gasteiger partial charge in [-0.1, -0.05) is 0 Å². The Kier molecular flexibility index (Phi) is 4.29. The molecule has 0 aromatic carbocycles. The summed E-state index contributed by atoms with van der Waals surface area (Å²) in [4.78, 5) is 8.29. The van der Waals surface area contributed by atoms with Gasteiger partial charge in [0.05, 0.1) is 11.4 Å². The molecule has 0 N–H and O–H groups in total. The number of sulfonamides is 1. The Morgan fingerprint density at radius 1 is 1.44 bits per heavy atom. The minimum Gasteiger partial charge on any atom is -0.261 e. The molecular formula is C12H19N3O2S. The third-order valence-electron chi connectivity index (χ3n) is 3.35. The van der Waals surface area contributed by atoms with Gasteiger partial charge >= 0.3 is 0 Å². The maximum Gasteiger partial charge on any atom is 0.213 e. The van der Waals surface area contributed by atoms with Gasteiger partial charge < -0.3 is 0 Å². The average molecular weight is 269 g/mol. The van der Waals surface area contributed by atoms with E-state index < -0.39 is 10.0 Å². The second-order valence-corrected chi connectivity index (χ2v) is 6.93. The van der Waals surface area contributed by atoms with E-state index in [2.05, 4.69) is 9.97 Å². The fourth-order valence-corrected chi connectivity index (χ4v) is 3.57. The highest BCUT2D eigenvalue weighted by molar-refractivity contribution is 7.89. The molecule has 1 aliphatic rings. The molecule has 2 rings (SSSR count). The number of piperidine rings is 1. The third-order valence-corrected chi connectivity index (χ3v) is 5.20. The van der Waals surface area contributed by atoms with E-state index in [0.29, 0.717) is 19.0 Å². The lowest BCUT2D eigenvalue weighted by Crippen LogP contribution is -2.41. The summed E-state index contributed by atoms with van der Waals surface area (Å²) in [6.07, 6.45) is 7.89. The normalized spacial score (nSPS) is 21.9. The summed E-state index contributed by atoms with van der Waals surface area (Å²) in [5.41, 5.74) is 0.943. The lowest BCUT2D eigenvalue weighted by molar-refractivity contribution is 0.264. The van der Waals surface area contributed by atoms with Crippen molar-refractivity contribution in [3.05, 3.63) is 24.3 Å². The monoisotopic (exact) mass is 269 g/mol. The first-order chi connectivity index (χ1) is 8.62. The Balaban J connectivity index is 1.99. The third kappa shape index (κ3) is 3.26. The highest BCUT2D eigenvalue weighted by Crippen LogP contribution is 2.22. The van der Waals surface area contributed by atoms with Crippen molar-refractivity contribution in [1.82, 2.24) is 14.3 Å². The van der Waals surface area contributed by atoms with Crippen molar-refractivity contribution in [3.8, 4) is 0 Å². The molecule has 1 saturated heterocycles. The van der Waals surface area contributed by atoms with Gasteiger partial charge in [0.2, 0.25) is 10.0 Å². The highest BCUT2D eigenvalue weighted by atomic mass is 32.2. The Morgan fingerprint density at radius 3 is 2.94 bits per heavy atom. The summed E-state index contributed by atoms with van der Waals surface area (Å²) in [6.45, 7) is 2.97. The molecule has 0 saturated carbocycles. The topological polar surface area (TPSA) is 63.2 Å². The molecule has 0 bridgehead atoms. The molecule has 100 valence electrons. The van der Waals surface area contributed by atoms with Gasteiger partial charge in [-0.25, -0.2) is 12.7 Å². The second kappa shape index (κ2) is 5.75. The maximum absolute atomic E-state index is 11.9. The first-order valence-electron chi connectivity index (χ1n) is 6.34. The fraction of sp³-hybridized carbons (Fsp3) is 0.667. The molecule has 0 amide bonds. The Labute approximate surface area is 108 Å². The zero-order chi connectivity index (χ0) is 13.0. The van der Waals surface area contributed by atoms with E-state index in [-0.39, 0.29) is 5.75 Å². The van der Waals surface area contributed by atoms with Crippen LogP contribution in [0.3, 0.4) is 0 Å². The first-order valence-corrected chi connectivity index (χ1v) is 7.95.